The molecule has 0 spiro atoms. The van der Waals surface area contributed by atoms with Gasteiger partial charge in [-0.15, -0.1) is 0 Å². The van der Waals surface area contributed by atoms with Crippen molar-refractivity contribution >= 4 is 51.7 Å². The molecule has 2 aliphatic rings. The third-order valence-corrected chi connectivity index (χ3v) is 6.24. The molecule has 152 valence electrons. The van der Waals surface area contributed by atoms with Crippen LogP contribution in [0.5, 0.6) is 0 Å². The number of nitrogens with zero attached hydrogens (tertiary/aromatic N) is 3. The van der Waals surface area contributed by atoms with Gasteiger partial charge in [-0.1, -0.05) is 30.0 Å². The van der Waals surface area contributed by atoms with E-state index in [-0.39, 0.29) is 23.6 Å². The van der Waals surface area contributed by atoms with Crippen LogP contribution in [-0.2, 0) is 9.53 Å². The summed E-state index contributed by atoms with van der Waals surface area (Å²) in [5, 5.41) is 3.26. The van der Waals surface area contributed by atoms with E-state index >= 15 is 0 Å². The number of aromatic nitrogens is 2. The average Bonchev–Trinajstić information content (AvgIpc) is 3.30. The molecular weight excluding hydrogens is 408 g/mol. The monoisotopic (exact) mass is 430 g/mol. The van der Waals surface area contributed by atoms with Crippen LogP contribution < -0.4 is 10.9 Å². The zero-order valence-electron chi connectivity index (χ0n) is 16.3. The average molecular weight is 431 g/mol. The van der Waals surface area contributed by atoms with Crippen LogP contribution in [0.15, 0.2) is 34.1 Å². The van der Waals surface area contributed by atoms with Gasteiger partial charge in [0, 0.05) is 25.4 Å². The molecule has 2 fully saturated rings. The normalized spacial score (nSPS) is 21.1. The number of fused-ring (bicyclic) bond motifs is 1. The second-order valence-electron chi connectivity index (χ2n) is 7.27. The van der Waals surface area contributed by atoms with E-state index < -0.39 is 0 Å². The Hall–Kier alpha value is -2.23. The van der Waals surface area contributed by atoms with Crippen LogP contribution in [0.1, 0.15) is 32.3 Å². The van der Waals surface area contributed by atoms with Crippen LogP contribution in [0, 0.1) is 0 Å². The maximum atomic E-state index is 13.2. The molecule has 0 aromatic carbocycles. The number of amides is 1. The number of thioether (sulfide) groups is 1. The predicted molar refractivity (Wildman–Crippen MR) is 119 cm³/mol. The Bertz CT molecular complexity index is 1060. The van der Waals surface area contributed by atoms with E-state index in [9.17, 15) is 9.59 Å². The standard InChI is InChI=1S/C20H22N4O3S2/c1-12(2)24-19(26)15(29-20(24)28)10-14-17(21-11-13-6-5-9-27-13)22-16-7-3-4-8-23(16)18(14)25/h3-4,7-8,10,12-13,21H,5-6,9,11H2,1-2H3/b15-10+/t13-/m0/s1. The smallest absolute Gasteiger partial charge is 0.267 e. The zero-order valence-corrected chi connectivity index (χ0v) is 17.9. The maximum Gasteiger partial charge on any atom is 0.267 e. The lowest BCUT2D eigenvalue weighted by molar-refractivity contribution is -0.123. The number of carbonyl (C=O) groups is 1. The highest BCUT2D eigenvalue weighted by Crippen LogP contribution is 2.34. The summed E-state index contributed by atoms with van der Waals surface area (Å²) >= 11 is 6.56. The van der Waals surface area contributed by atoms with Crippen molar-refractivity contribution in [2.24, 2.45) is 0 Å². The molecule has 0 bridgehead atoms. The van der Waals surface area contributed by atoms with Gasteiger partial charge in [0.2, 0.25) is 0 Å². The Labute approximate surface area is 178 Å². The molecule has 2 aromatic rings. The van der Waals surface area contributed by atoms with Gasteiger partial charge in [-0.25, -0.2) is 4.98 Å². The summed E-state index contributed by atoms with van der Waals surface area (Å²) in [4.78, 5) is 32.6. The van der Waals surface area contributed by atoms with Crippen LogP contribution in [0.25, 0.3) is 11.7 Å². The third-order valence-electron chi connectivity index (χ3n) is 4.91. The topological polar surface area (TPSA) is 75.9 Å². The van der Waals surface area contributed by atoms with Gasteiger partial charge in [-0.3, -0.25) is 18.9 Å². The molecule has 1 amide bonds. The van der Waals surface area contributed by atoms with Gasteiger partial charge in [0.05, 0.1) is 16.6 Å². The number of anilines is 1. The van der Waals surface area contributed by atoms with Crippen molar-refractivity contribution in [3.8, 4) is 0 Å². The number of nitrogens with one attached hydrogen (secondary N) is 1. The second-order valence-corrected chi connectivity index (χ2v) is 8.95. The first-order valence-electron chi connectivity index (χ1n) is 9.59. The quantitative estimate of drug-likeness (QED) is 0.577. The summed E-state index contributed by atoms with van der Waals surface area (Å²) in [6, 6.07) is 5.35. The highest BCUT2D eigenvalue weighted by atomic mass is 32.2. The molecule has 2 aromatic heterocycles. The molecule has 1 N–H and O–H groups in total. The lowest BCUT2D eigenvalue weighted by Crippen LogP contribution is -2.34. The van der Waals surface area contributed by atoms with E-state index in [0.717, 1.165) is 19.4 Å². The number of pyridine rings is 1. The molecule has 2 saturated heterocycles. The highest BCUT2D eigenvalue weighted by molar-refractivity contribution is 8.26. The molecule has 9 heteroatoms. The van der Waals surface area contributed by atoms with Gasteiger partial charge in [-0.2, -0.15) is 0 Å². The summed E-state index contributed by atoms with van der Waals surface area (Å²) in [6.07, 6.45) is 5.38. The lowest BCUT2D eigenvalue weighted by Gasteiger charge is -2.18. The SMILES string of the molecule is CC(C)N1C(=O)/C(=C\c2c(NC[C@@H]3CCCO3)nc3ccccn3c2=O)SC1=S. The summed E-state index contributed by atoms with van der Waals surface area (Å²) in [5.41, 5.74) is 0.649. The van der Waals surface area contributed by atoms with Gasteiger partial charge in [0.1, 0.15) is 15.8 Å². The summed E-state index contributed by atoms with van der Waals surface area (Å²) in [6.45, 7) is 5.14. The molecule has 2 aliphatic heterocycles. The van der Waals surface area contributed by atoms with Crippen molar-refractivity contribution in [2.75, 3.05) is 18.5 Å². The Morgan fingerprint density at radius 3 is 2.93 bits per heavy atom. The van der Waals surface area contributed by atoms with Crippen LogP contribution in [0.2, 0.25) is 0 Å². The lowest BCUT2D eigenvalue weighted by atomic mass is 10.2. The second kappa shape index (κ2) is 8.25. The number of hydrogen-bond donors (Lipinski definition) is 1. The number of ether oxygens (including phenoxy) is 1. The first kappa shape index (κ1) is 20.1. The van der Waals surface area contributed by atoms with Crippen molar-refractivity contribution in [1.82, 2.24) is 14.3 Å². The van der Waals surface area contributed by atoms with E-state index in [1.165, 1.54) is 16.2 Å². The number of rotatable bonds is 5. The minimum Gasteiger partial charge on any atom is -0.376 e. The van der Waals surface area contributed by atoms with E-state index in [0.29, 0.717) is 32.8 Å². The Morgan fingerprint density at radius 2 is 2.24 bits per heavy atom. The Kier molecular flexibility index (Phi) is 5.71. The first-order chi connectivity index (χ1) is 14.0. The summed E-state index contributed by atoms with van der Waals surface area (Å²) < 4.78 is 7.64. The van der Waals surface area contributed by atoms with Crippen molar-refractivity contribution in [2.45, 2.75) is 38.8 Å². The number of thiocarbonyl (C=S) groups is 1. The fraction of sp³-hybridized carbons (Fsp3) is 0.400. The highest BCUT2D eigenvalue weighted by Gasteiger charge is 2.34. The molecule has 7 nitrogen and oxygen atoms in total. The van der Waals surface area contributed by atoms with Crippen LogP contribution in [0.3, 0.4) is 0 Å². The van der Waals surface area contributed by atoms with Gasteiger partial charge in [-0.05, 0) is 44.9 Å². The molecule has 4 heterocycles. The first-order valence-corrected chi connectivity index (χ1v) is 10.8. The fourth-order valence-electron chi connectivity index (χ4n) is 3.44. The van der Waals surface area contributed by atoms with Crippen LogP contribution >= 0.6 is 24.0 Å². The van der Waals surface area contributed by atoms with E-state index in [1.807, 2.05) is 19.9 Å². The number of carbonyl (C=O) groups excluding carboxylic acids is 1. The van der Waals surface area contributed by atoms with E-state index in [1.54, 1.807) is 29.3 Å². The van der Waals surface area contributed by atoms with Crippen molar-refractivity contribution in [3.63, 3.8) is 0 Å². The molecule has 29 heavy (non-hydrogen) atoms. The third kappa shape index (κ3) is 3.94. The van der Waals surface area contributed by atoms with Gasteiger partial charge in [0.15, 0.2) is 0 Å². The van der Waals surface area contributed by atoms with Crippen LogP contribution in [-0.4, -0.2) is 49.8 Å². The number of hydrogen-bond acceptors (Lipinski definition) is 7. The van der Waals surface area contributed by atoms with Crippen molar-refractivity contribution < 1.29 is 9.53 Å². The molecule has 0 aliphatic carbocycles. The van der Waals surface area contributed by atoms with Gasteiger partial charge >= 0.3 is 0 Å². The zero-order chi connectivity index (χ0) is 20.5. The van der Waals surface area contributed by atoms with E-state index in [2.05, 4.69) is 10.3 Å². The molecule has 1 atom stereocenters. The maximum absolute atomic E-state index is 13.2. The summed E-state index contributed by atoms with van der Waals surface area (Å²) in [5.74, 6) is 0.268. The fourth-order valence-corrected chi connectivity index (χ4v) is 4.95. The van der Waals surface area contributed by atoms with Gasteiger partial charge in [0.25, 0.3) is 11.5 Å². The molecule has 4 rings (SSSR count). The minimum atomic E-state index is -0.236. The molecule has 0 unspecified atom stereocenters. The summed E-state index contributed by atoms with van der Waals surface area (Å²) in [7, 11) is 0. The predicted octanol–water partition coefficient (Wildman–Crippen LogP) is 2.90. The van der Waals surface area contributed by atoms with Crippen molar-refractivity contribution in [1.29, 1.82) is 0 Å². The molecule has 0 radical (unpaired) electrons. The Morgan fingerprint density at radius 1 is 1.41 bits per heavy atom. The molecular formula is C20H22N4O3S2. The molecule has 0 saturated carbocycles. The van der Waals surface area contributed by atoms with Gasteiger partial charge < -0.3 is 10.1 Å². The van der Waals surface area contributed by atoms with E-state index in [4.69, 9.17) is 17.0 Å². The van der Waals surface area contributed by atoms with Crippen LogP contribution in [0.4, 0.5) is 5.82 Å². The largest absolute Gasteiger partial charge is 0.376 e. The van der Waals surface area contributed by atoms with Crippen molar-refractivity contribution in [3.05, 3.63) is 45.2 Å². The minimum absolute atomic E-state index is 0.0404. The Balaban J connectivity index is 1.76.